The molecule has 1 saturated heterocycles. The molecule has 2 rings (SSSR count). The van der Waals surface area contributed by atoms with Crippen molar-refractivity contribution in [1.29, 1.82) is 5.26 Å². The summed E-state index contributed by atoms with van der Waals surface area (Å²) >= 11 is 0. The third-order valence-corrected chi connectivity index (χ3v) is 3.83. The average Bonchev–Trinajstić information content (AvgIpc) is 2.51. The van der Waals surface area contributed by atoms with E-state index in [4.69, 9.17) is 10.4 Å². The first-order valence-electron chi connectivity index (χ1n) is 7.06. The van der Waals surface area contributed by atoms with Crippen molar-refractivity contribution in [2.45, 2.75) is 12.8 Å². The largest absolute Gasteiger partial charge is 0.503 e. The van der Waals surface area contributed by atoms with Crippen molar-refractivity contribution >= 4 is 5.91 Å². The summed E-state index contributed by atoms with van der Waals surface area (Å²) in [6.07, 6.45) is 1.72. The molecule has 0 spiro atoms. The van der Waals surface area contributed by atoms with Gasteiger partial charge in [0.15, 0.2) is 17.4 Å². The highest BCUT2D eigenvalue weighted by Gasteiger charge is 2.20. The zero-order valence-electron chi connectivity index (χ0n) is 12.0. The van der Waals surface area contributed by atoms with E-state index in [-0.39, 0.29) is 11.5 Å². The number of nitriles is 1. The second-order valence-electron chi connectivity index (χ2n) is 5.38. The van der Waals surface area contributed by atoms with Gasteiger partial charge in [0.05, 0.1) is 12.6 Å². The molecule has 118 valence electrons. The van der Waals surface area contributed by atoms with Crippen LogP contribution in [0.5, 0.6) is 5.75 Å². The lowest BCUT2D eigenvalue weighted by molar-refractivity contribution is 0.0936. The fourth-order valence-corrected chi connectivity index (χ4v) is 2.48. The Morgan fingerprint density at radius 3 is 2.50 bits per heavy atom. The maximum atomic E-state index is 13.2. The first-order chi connectivity index (χ1) is 10.5. The highest BCUT2D eigenvalue weighted by atomic mass is 19.1. The second kappa shape index (κ2) is 7.18. The lowest BCUT2D eigenvalue weighted by Crippen LogP contribution is -2.38. The quantitative estimate of drug-likeness (QED) is 0.829. The number of benzene rings is 1. The molecule has 1 aliphatic heterocycles. The number of aromatic hydroxyl groups is 1. The fourth-order valence-electron chi connectivity index (χ4n) is 2.48. The van der Waals surface area contributed by atoms with Crippen molar-refractivity contribution < 1.29 is 18.7 Å². The van der Waals surface area contributed by atoms with Gasteiger partial charge in [-0.2, -0.15) is 5.26 Å². The number of nitrogens with zero attached hydrogens (tertiary/aromatic N) is 2. The standard InChI is InChI=1S/C15H17F2N3O2/c16-12-7-11(8-13(17)14(12)21)15(22)19-9-10-1-4-20(5-2-10)6-3-18/h7-8,10,21H,1-2,4-6,9H2,(H,19,22). The van der Waals surface area contributed by atoms with Crippen LogP contribution in [0.2, 0.25) is 0 Å². The molecule has 0 bridgehead atoms. The van der Waals surface area contributed by atoms with Crippen LogP contribution in [0.3, 0.4) is 0 Å². The van der Waals surface area contributed by atoms with E-state index in [1.165, 1.54) is 0 Å². The van der Waals surface area contributed by atoms with Crippen molar-refractivity contribution in [1.82, 2.24) is 10.2 Å². The molecule has 5 nitrogen and oxygen atoms in total. The highest BCUT2D eigenvalue weighted by Crippen LogP contribution is 2.21. The summed E-state index contributed by atoms with van der Waals surface area (Å²) in [6.45, 7) is 2.43. The Hall–Kier alpha value is -2.20. The second-order valence-corrected chi connectivity index (χ2v) is 5.38. The van der Waals surface area contributed by atoms with Crippen LogP contribution in [0.25, 0.3) is 0 Å². The van der Waals surface area contributed by atoms with Gasteiger partial charge in [-0.1, -0.05) is 0 Å². The maximum Gasteiger partial charge on any atom is 0.251 e. The molecular formula is C15H17F2N3O2. The molecule has 0 atom stereocenters. The Morgan fingerprint density at radius 2 is 1.95 bits per heavy atom. The molecule has 1 fully saturated rings. The third kappa shape index (κ3) is 3.92. The van der Waals surface area contributed by atoms with Crippen LogP contribution in [0, 0.1) is 28.9 Å². The number of halogens is 2. The number of piperidine rings is 1. The van der Waals surface area contributed by atoms with Crippen molar-refractivity contribution in [2.24, 2.45) is 5.92 Å². The summed E-state index contributed by atoms with van der Waals surface area (Å²) in [6, 6.07) is 3.72. The fraction of sp³-hybridized carbons (Fsp3) is 0.467. The van der Waals surface area contributed by atoms with Crippen LogP contribution in [-0.2, 0) is 0 Å². The molecule has 1 aromatic rings. The maximum absolute atomic E-state index is 13.2. The van der Waals surface area contributed by atoms with Gasteiger partial charge < -0.3 is 10.4 Å². The average molecular weight is 309 g/mol. The molecule has 1 aromatic carbocycles. The summed E-state index contributed by atoms with van der Waals surface area (Å²) < 4.78 is 26.4. The van der Waals surface area contributed by atoms with Crippen molar-refractivity contribution in [3.63, 3.8) is 0 Å². The molecule has 0 radical (unpaired) electrons. The van der Waals surface area contributed by atoms with Crippen molar-refractivity contribution in [3.05, 3.63) is 29.3 Å². The van der Waals surface area contributed by atoms with Crippen LogP contribution >= 0.6 is 0 Å². The van der Waals surface area contributed by atoms with E-state index in [9.17, 15) is 13.6 Å². The number of amides is 1. The lowest BCUT2D eigenvalue weighted by atomic mass is 9.96. The van der Waals surface area contributed by atoms with Gasteiger partial charge in [0.2, 0.25) is 0 Å². The Bertz CT molecular complexity index is 570. The molecule has 22 heavy (non-hydrogen) atoms. The predicted octanol–water partition coefficient (Wildman–Crippen LogP) is 1.64. The first-order valence-corrected chi connectivity index (χ1v) is 7.06. The van der Waals surface area contributed by atoms with Gasteiger partial charge in [0.1, 0.15) is 0 Å². The van der Waals surface area contributed by atoms with E-state index in [1.54, 1.807) is 0 Å². The molecule has 0 unspecified atom stereocenters. The summed E-state index contributed by atoms with van der Waals surface area (Å²) in [5.74, 6) is -3.69. The SMILES string of the molecule is N#CCN1CCC(CNC(=O)c2cc(F)c(O)c(F)c2)CC1. The normalized spacial score (nSPS) is 16.2. The molecule has 1 amide bonds. The summed E-state index contributed by atoms with van der Waals surface area (Å²) in [7, 11) is 0. The summed E-state index contributed by atoms with van der Waals surface area (Å²) in [5.41, 5.74) is -0.158. The molecule has 1 aliphatic rings. The number of hydrogen-bond acceptors (Lipinski definition) is 4. The molecule has 0 aliphatic carbocycles. The highest BCUT2D eigenvalue weighted by molar-refractivity contribution is 5.94. The number of likely N-dealkylation sites (tertiary alicyclic amines) is 1. The topological polar surface area (TPSA) is 76.4 Å². The first kappa shape index (κ1) is 16.2. The van der Waals surface area contributed by atoms with Gasteiger partial charge in [-0.05, 0) is 44.0 Å². The predicted molar refractivity (Wildman–Crippen MR) is 75.1 cm³/mol. The van der Waals surface area contributed by atoms with Crippen LogP contribution in [0.15, 0.2) is 12.1 Å². The van der Waals surface area contributed by atoms with Gasteiger partial charge in [0, 0.05) is 12.1 Å². The van der Waals surface area contributed by atoms with Crippen LogP contribution in [-0.4, -0.2) is 42.1 Å². The minimum atomic E-state index is -1.16. The van der Waals surface area contributed by atoms with Gasteiger partial charge in [0.25, 0.3) is 5.91 Å². The van der Waals surface area contributed by atoms with E-state index >= 15 is 0 Å². The number of carbonyl (C=O) groups is 1. The van der Waals surface area contributed by atoms with Gasteiger partial charge >= 0.3 is 0 Å². The Kier molecular flexibility index (Phi) is 5.28. The summed E-state index contributed by atoms with van der Waals surface area (Å²) in [4.78, 5) is 13.9. The molecule has 1 heterocycles. The van der Waals surface area contributed by atoms with Crippen molar-refractivity contribution in [3.8, 4) is 11.8 Å². The third-order valence-electron chi connectivity index (χ3n) is 3.83. The molecule has 0 aromatic heterocycles. The zero-order valence-corrected chi connectivity index (χ0v) is 12.0. The minimum absolute atomic E-state index is 0.158. The van der Waals surface area contributed by atoms with E-state index in [1.807, 2.05) is 4.90 Å². The minimum Gasteiger partial charge on any atom is -0.503 e. The zero-order chi connectivity index (χ0) is 16.1. The lowest BCUT2D eigenvalue weighted by Gasteiger charge is -2.30. The Labute approximate surface area is 127 Å². The Morgan fingerprint density at radius 1 is 1.36 bits per heavy atom. The van der Waals surface area contributed by atoms with Gasteiger partial charge in [-0.3, -0.25) is 9.69 Å². The number of phenolic OH excluding ortho intramolecular Hbond substituents is 1. The number of hydrogen-bond donors (Lipinski definition) is 2. The van der Waals surface area contributed by atoms with Crippen molar-refractivity contribution in [2.75, 3.05) is 26.2 Å². The van der Waals surface area contributed by atoms with Crippen LogP contribution < -0.4 is 5.32 Å². The van der Waals surface area contributed by atoms with E-state index in [0.717, 1.165) is 38.1 Å². The van der Waals surface area contributed by atoms with E-state index < -0.39 is 23.3 Å². The van der Waals surface area contributed by atoms with Gasteiger partial charge in [-0.15, -0.1) is 0 Å². The van der Waals surface area contributed by atoms with E-state index in [2.05, 4.69) is 11.4 Å². The number of rotatable bonds is 4. The number of nitrogens with one attached hydrogen (secondary N) is 1. The molecular weight excluding hydrogens is 292 g/mol. The number of phenols is 1. The molecule has 0 saturated carbocycles. The number of carbonyl (C=O) groups excluding carboxylic acids is 1. The van der Waals surface area contributed by atoms with E-state index in [0.29, 0.717) is 13.1 Å². The summed E-state index contributed by atoms with van der Waals surface area (Å²) in [5, 5.41) is 20.3. The van der Waals surface area contributed by atoms with Crippen LogP contribution in [0.1, 0.15) is 23.2 Å². The monoisotopic (exact) mass is 309 g/mol. The Balaban J connectivity index is 1.85. The molecule has 2 N–H and O–H groups in total. The van der Waals surface area contributed by atoms with Crippen LogP contribution in [0.4, 0.5) is 8.78 Å². The van der Waals surface area contributed by atoms with Gasteiger partial charge in [-0.25, -0.2) is 8.78 Å². The smallest absolute Gasteiger partial charge is 0.251 e. The molecule has 7 heteroatoms.